The summed E-state index contributed by atoms with van der Waals surface area (Å²) in [5.41, 5.74) is 0. The first-order valence-electron chi connectivity index (χ1n) is 5.65. The second kappa shape index (κ2) is 6.47. The molecule has 1 rings (SSSR count). The summed E-state index contributed by atoms with van der Waals surface area (Å²) >= 11 is 5.59. The van der Waals surface area contributed by atoms with Crippen molar-refractivity contribution >= 4 is 11.6 Å². The van der Waals surface area contributed by atoms with Crippen molar-refractivity contribution in [1.82, 2.24) is 4.90 Å². The molecule has 1 saturated carbocycles. The van der Waals surface area contributed by atoms with Crippen LogP contribution in [0.5, 0.6) is 0 Å². The molecule has 2 unspecified atom stereocenters. The first-order valence-corrected chi connectivity index (χ1v) is 6.18. The molecule has 2 atom stereocenters. The fourth-order valence-corrected chi connectivity index (χ4v) is 2.38. The highest BCUT2D eigenvalue weighted by atomic mass is 35.5. The normalized spacial score (nSPS) is 28.9. The smallest absolute Gasteiger partial charge is 0.0404 e. The lowest BCUT2D eigenvalue weighted by Crippen LogP contribution is -2.35. The maximum Gasteiger partial charge on any atom is 0.0404 e. The number of allylic oxidation sites excluding steroid dienone is 1. The summed E-state index contributed by atoms with van der Waals surface area (Å²) in [4.78, 5) is 2.46. The van der Waals surface area contributed by atoms with E-state index in [0.29, 0.717) is 5.88 Å². The molecular weight excluding hydrogens is 194 g/mol. The van der Waals surface area contributed by atoms with Gasteiger partial charge in [0.15, 0.2) is 0 Å². The Morgan fingerprint density at radius 3 is 2.79 bits per heavy atom. The van der Waals surface area contributed by atoms with Crippen LogP contribution in [0.4, 0.5) is 0 Å². The van der Waals surface area contributed by atoms with Crippen molar-refractivity contribution < 1.29 is 0 Å². The maximum absolute atomic E-state index is 5.59. The van der Waals surface area contributed by atoms with Crippen LogP contribution in [0.3, 0.4) is 0 Å². The molecule has 0 aromatic heterocycles. The number of hydrogen-bond acceptors (Lipinski definition) is 1. The topological polar surface area (TPSA) is 3.24 Å². The van der Waals surface area contributed by atoms with Gasteiger partial charge in [-0.2, -0.15) is 0 Å². The number of alkyl halides is 1. The third-order valence-electron chi connectivity index (χ3n) is 3.18. The molecule has 14 heavy (non-hydrogen) atoms. The molecule has 2 heteroatoms. The van der Waals surface area contributed by atoms with Crippen molar-refractivity contribution in [1.29, 1.82) is 0 Å². The van der Waals surface area contributed by atoms with Crippen LogP contribution in [-0.4, -0.2) is 30.4 Å². The zero-order valence-corrected chi connectivity index (χ0v) is 10.1. The lowest BCUT2D eigenvalue weighted by Gasteiger charge is -2.33. The van der Waals surface area contributed by atoms with E-state index in [1.54, 1.807) is 0 Å². The number of rotatable bonds is 4. The first-order chi connectivity index (χ1) is 6.74. The Balaban J connectivity index is 2.28. The van der Waals surface area contributed by atoms with E-state index >= 15 is 0 Å². The Labute approximate surface area is 93.1 Å². The fraction of sp³-hybridized carbons (Fsp3) is 0.833. The van der Waals surface area contributed by atoms with Gasteiger partial charge in [-0.15, -0.1) is 11.6 Å². The van der Waals surface area contributed by atoms with Crippen molar-refractivity contribution in [3.05, 3.63) is 12.2 Å². The van der Waals surface area contributed by atoms with Crippen LogP contribution in [0.15, 0.2) is 12.2 Å². The monoisotopic (exact) mass is 215 g/mol. The van der Waals surface area contributed by atoms with E-state index < -0.39 is 0 Å². The second-order valence-corrected chi connectivity index (χ2v) is 4.80. The molecule has 0 spiro atoms. The Kier molecular flexibility index (Phi) is 5.57. The van der Waals surface area contributed by atoms with E-state index in [-0.39, 0.29) is 0 Å². The summed E-state index contributed by atoms with van der Waals surface area (Å²) in [6, 6.07) is 0.790. The molecule has 1 aliphatic carbocycles. The molecule has 0 aromatic rings. The summed E-state index contributed by atoms with van der Waals surface area (Å²) in [6.45, 7) is 3.42. The van der Waals surface area contributed by atoms with Crippen molar-refractivity contribution in [3.63, 3.8) is 0 Å². The Morgan fingerprint density at radius 1 is 1.36 bits per heavy atom. The second-order valence-electron chi connectivity index (χ2n) is 4.49. The standard InChI is InChI=1S/C12H22ClN/c1-11-6-5-7-12(10-11)14(2)9-4-3-8-13/h3-4,11-12H,5-10H2,1-2H3. The minimum atomic E-state index is 0.634. The quantitative estimate of drug-likeness (QED) is 0.514. The molecule has 0 heterocycles. The molecule has 0 saturated heterocycles. The third-order valence-corrected chi connectivity index (χ3v) is 3.36. The zero-order valence-electron chi connectivity index (χ0n) is 9.38. The predicted molar refractivity (Wildman–Crippen MR) is 63.9 cm³/mol. The summed E-state index contributed by atoms with van der Waals surface area (Å²) < 4.78 is 0. The van der Waals surface area contributed by atoms with Crippen molar-refractivity contribution in [2.24, 2.45) is 5.92 Å². The lowest BCUT2D eigenvalue weighted by atomic mass is 9.86. The van der Waals surface area contributed by atoms with Crippen LogP contribution < -0.4 is 0 Å². The average Bonchev–Trinajstić information content (AvgIpc) is 2.18. The van der Waals surface area contributed by atoms with Gasteiger partial charge in [0.05, 0.1) is 0 Å². The van der Waals surface area contributed by atoms with E-state index in [1.807, 2.05) is 6.08 Å². The van der Waals surface area contributed by atoms with E-state index in [1.165, 1.54) is 25.7 Å². The minimum Gasteiger partial charge on any atom is -0.300 e. The summed E-state index contributed by atoms with van der Waals surface area (Å²) in [6.07, 6.45) is 9.76. The van der Waals surface area contributed by atoms with Crippen LogP contribution in [0, 0.1) is 5.92 Å². The van der Waals surface area contributed by atoms with E-state index in [9.17, 15) is 0 Å². The highest BCUT2D eigenvalue weighted by molar-refractivity contribution is 6.18. The number of halogens is 1. The molecule has 82 valence electrons. The van der Waals surface area contributed by atoms with Crippen LogP contribution in [0.2, 0.25) is 0 Å². The predicted octanol–water partition coefficient (Wildman–Crippen LogP) is 3.29. The Morgan fingerprint density at radius 2 is 2.14 bits per heavy atom. The molecule has 0 bridgehead atoms. The molecule has 1 aliphatic rings. The highest BCUT2D eigenvalue weighted by Crippen LogP contribution is 2.26. The molecule has 0 aliphatic heterocycles. The highest BCUT2D eigenvalue weighted by Gasteiger charge is 2.21. The van der Waals surface area contributed by atoms with E-state index in [0.717, 1.165) is 18.5 Å². The molecule has 1 nitrogen and oxygen atoms in total. The molecule has 0 radical (unpaired) electrons. The van der Waals surface area contributed by atoms with Crippen LogP contribution in [-0.2, 0) is 0 Å². The van der Waals surface area contributed by atoms with Gasteiger partial charge >= 0.3 is 0 Å². The van der Waals surface area contributed by atoms with E-state index in [2.05, 4.69) is 24.9 Å². The minimum absolute atomic E-state index is 0.634. The molecular formula is C12H22ClN. The van der Waals surface area contributed by atoms with Gasteiger partial charge in [-0.3, -0.25) is 4.90 Å². The molecule has 0 aromatic carbocycles. The number of likely N-dealkylation sites (N-methyl/N-ethyl adjacent to an activating group) is 1. The van der Waals surface area contributed by atoms with Crippen LogP contribution in [0.25, 0.3) is 0 Å². The van der Waals surface area contributed by atoms with Gasteiger partial charge in [0.25, 0.3) is 0 Å². The van der Waals surface area contributed by atoms with Gasteiger partial charge in [-0.25, -0.2) is 0 Å². The number of nitrogens with zero attached hydrogens (tertiary/aromatic N) is 1. The fourth-order valence-electron chi connectivity index (χ4n) is 2.26. The van der Waals surface area contributed by atoms with Gasteiger partial charge in [-0.05, 0) is 25.8 Å². The first kappa shape index (κ1) is 12.1. The Hall–Kier alpha value is -0.0100. The molecule has 0 N–H and O–H groups in total. The van der Waals surface area contributed by atoms with Crippen LogP contribution in [0.1, 0.15) is 32.6 Å². The van der Waals surface area contributed by atoms with Gasteiger partial charge in [0.1, 0.15) is 0 Å². The van der Waals surface area contributed by atoms with Gasteiger partial charge in [0, 0.05) is 18.5 Å². The Bertz CT molecular complexity index is 179. The lowest BCUT2D eigenvalue weighted by molar-refractivity contribution is 0.178. The summed E-state index contributed by atoms with van der Waals surface area (Å²) in [5.74, 6) is 1.54. The van der Waals surface area contributed by atoms with Crippen LogP contribution >= 0.6 is 11.6 Å². The average molecular weight is 216 g/mol. The van der Waals surface area contributed by atoms with Crippen molar-refractivity contribution in [2.45, 2.75) is 38.6 Å². The zero-order chi connectivity index (χ0) is 10.4. The van der Waals surface area contributed by atoms with Gasteiger partial charge in [0.2, 0.25) is 0 Å². The van der Waals surface area contributed by atoms with Crippen molar-refractivity contribution in [2.75, 3.05) is 19.5 Å². The van der Waals surface area contributed by atoms with Crippen molar-refractivity contribution in [3.8, 4) is 0 Å². The van der Waals surface area contributed by atoms with Gasteiger partial charge < -0.3 is 0 Å². The largest absolute Gasteiger partial charge is 0.300 e. The third kappa shape index (κ3) is 4.02. The molecule has 1 fully saturated rings. The SMILES string of the molecule is CC1CCCC(N(C)CC=CCCl)C1. The number of hydrogen-bond donors (Lipinski definition) is 0. The van der Waals surface area contributed by atoms with E-state index in [4.69, 9.17) is 11.6 Å². The summed E-state index contributed by atoms with van der Waals surface area (Å²) in [5, 5.41) is 0. The summed E-state index contributed by atoms with van der Waals surface area (Å²) in [7, 11) is 2.22. The molecule has 0 amide bonds. The van der Waals surface area contributed by atoms with Gasteiger partial charge in [-0.1, -0.05) is 31.9 Å². The maximum atomic E-state index is 5.59.